The highest BCUT2D eigenvalue weighted by molar-refractivity contribution is 7.91. The molecule has 0 spiro atoms. The number of amides is 2. The van der Waals surface area contributed by atoms with Gasteiger partial charge in [0.1, 0.15) is 0 Å². The molecule has 23 heavy (non-hydrogen) atoms. The van der Waals surface area contributed by atoms with E-state index in [-0.39, 0.29) is 35.3 Å². The van der Waals surface area contributed by atoms with Crippen LogP contribution in [0.1, 0.15) is 30.1 Å². The number of nitrogens with one attached hydrogen (secondary N) is 2. The fourth-order valence-corrected chi connectivity index (χ4v) is 4.51. The van der Waals surface area contributed by atoms with Gasteiger partial charge in [0.05, 0.1) is 11.5 Å². The van der Waals surface area contributed by atoms with Gasteiger partial charge >= 0.3 is 0 Å². The van der Waals surface area contributed by atoms with Crippen molar-refractivity contribution >= 4 is 27.3 Å². The number of hydrogen-bond donors (Lipinski definition) is 2. The molecule has 7 heteroatoms. The van der Waals surface area contributed by atoms with Crippen molar-refractivity contribution in [2.24, 2.45) is 11.8 Å². The zero-order valence-electron chi connectivity index (χ0n) is 12.9. The predicted molar refractivity (Wildman–Crippen MR) is 86.9 cm³/mol. The summed E-state index contributed by atoms with van der Waals surface area (Å²) in [6, 6.07) is 6.37. The van der Waals surface area contributed by atoms with Crippen LogP contribution in [0.5, 0.6) is 0 Å². The van der Waals surface area contributed by atoms with Crippen LogP contribution < -0.4 is 10.6 Å². The van der Waals surface area contributed by atoms with E-state index in [1.165, 1.54) is 0 Å². The number of anilines is 1. The van der Waals surface area contributed by atoms with Crippen LogP contribution in [0, 0.1) is 11.8 Å². The maximum atomic E-state index is 12.2. The molecule has 3 atom stereocenters. The van der Waals surface area contributed by atoms with E-state index in [0.717, 1.165) is 6.42 Å². The second kappa shape index (κ2) is 5.96. The van der Waals surface area contributed by atoms with Gasteiger partial charge in [-0.15, -0.1) is 0 Å². The average molecular weight is 336 g/mol. The number of carbonyl (C=O) groups excluding carboxylic acids is 2. The van der Waals surface area contributed by atoms with Crippen molar-refractivity contribution in [2.45, 2.75) is 25.8 Å². The van der Waals surface area contributed by atoms with Crippen molar-refractivity contribution in [1.29, 1.82) is 0 Å². The molecule has 2 amide bonds. The summed E-state index contributed by atoms with van der Waals surface area (Å²) in [6.45, 7) is 2.03. The van der Waals surface area contributed by atoms with Gasteiger partial charge in [-0.1, -0.05) is 13.0 Å². The number of hydrogen-bond acceptors (Lipinski definition) is 4. The second-order valence-corrected chi connectivity index (χ2v) is 8.69. The van der Waals surface area contributed by atoms with Crippen LogP contribution in [-0.4, -0.2) is 37.8 Å². The molecule has 2 aliphatic rings. The van der Waals surface area contributed by atoms with E-state index in [1.807, 2.05) is 6.92 Å². The molecule has 124 valence electrons. The standard InChI is InChI=1S/C16H20N2O4S/c1-10-7-14(10)16(20)17-12-4-2-3-11(8-12)15(19)18-13-5-6-23(21,22)9-13/h2-4,8,10,13-14H,5-7,9H2,1H3,(H,17,20)(H,18,19)/t10-,13-,14-/m1/s1. The van der Waals surface area contributed by atoms with E-state index in [9.17, 15) is 18.0 Å². The summed E-state index contributed by atoms with van der Waals surface area (Å²) in [7, 11) is -3.03. The molecule has 0 aromatic heterocycles. The van der Waals surface area contributed by atoms with Crippen LogP contribution in [0.25, 0.3) is 0 Å². The lowest BCUT2D eigenvalue weighted by atomic mass is 10.1. The van der Waals surface area contributed by atoms with Crippen molar-refractivity contribution in [1.82, 2.24) is 5.32 Å². The first-order chi connectivity index (χ1) is 10.8. The lowest BCUT2D eigenvalue weighted by molar-refractivity contribution is -0.117. The molecule has 1 saturated heterocycles. The van der Waals surface area contributed by atoms with Crippen molar-refractivity contribution in [3.8, 4) is 0 Å². The Bertz CT molecular complexity index is 744. The minimum Gasteiger partial charge on any atom is -0.348 e. The number of carbonyl (C=O) groups is 2. The van der Waals surface area contributed by atoms with Crippen LogP contribution in [0.15, 0.2) is 24.3 Å². The highest BCUT2D eigenvalue weighted by Crippen LogP contribution is 2.38. The van der Waals surface area contributed by atoms with Gasteiger partial charge in [-0.25, -0.2) is 8.42 Å². The molecular formula is C16H20N2O4S. The van der Waals surface area contributed by atoms with Crippen molar-refractivity contribution in [3.05, 3.63) is 29.8 Å². The van der Waals surface area contributed by atoms with Gasteiger partial charge in [0.15, 0.2) is 9.84 Å². The zero-order valence-corrected chi connectivity index (χ0v) is 13.7. The fourth-order valence-electron chi connectivity index (χ4n) is 2.84. The normalized spacial score (nSPS) is 28.1. The van der Waals surface area contributed by atoms with Crippen LogP contribution in [0.3, 0.4) is 0 Å². The van der Waals surface area contributed by atoms with E-state index in [4.69, 9.17) is 0 Å². The lowest BCUT2D eigenvalue weighted by Crippen LogP contribution is -2.35. The van der Waals surface area contributed by atoms with Crippen LogP contribution in [0.2, 0.25) is 0 Å². The Kier molecular flexibility index (Phi) is 4.14. The van der Waals surface area contributed by atoms with E-state index < -0.39 is 9.84 Å². The minimum absolute atomic E-state index is 0.00522. The number of sulfone groups is 1. The highest BCUT2D eigenvalue weighted by Gasteiger charge is 2.39. The molecule has 0 unspecified atom stereocenters. The Morgan fingerprint density at radius 1 is 1.26 bits per heavy atom. The molecule has 0 radical (unpaired) electrons. The maximum absolute atomic E-state index is 12.2. The van der Waals surface area contributed by atoms with Crippen molar-refractivity contribution in [2.75, 3.05) is 16.8 Å². The van der Waals surface area contributed by atoms with E-state index in [0.29, 0.717) is 23.6 Å². The molecule has 1 heterocycles. The molecular weight excluding hydrogens is 316 g/mol. The van der Waals surface area contributed by atoms with Crippen LogP contribution >= 0.6 is 0 Å². The maximum Gasteiger partial charge on any atom is 0.251 e. The molecule has 6 nitrogen and oxygen atoms in total. The van der Waals surface area contributed by atoms with Gasteiger partial charge in [-0.3, -0.25) is 9.59 Å². The molecule has 2 fully saturated rings. The Morgan fingerprint density at radius 2 is 2.00 bits per heavy atom. The smallest absolute Gasteiger partial charge is 0.251 e. The van der Waals surface area contributed by atoms with Gasteiger partial charge in [0.2, 0.25) is 5.91 Å². The van der Waals surface area contributed by atoms with E-state index in [2.05, 4.69) is 10.6 Å². The quantitative estimate of drug-likeness (QED) is 0.864. The average Bonchev–Trinajstić information content (AvgIpc) is 3.12. The zero-order chi connectivity index (χ0) is 16.6. The molecule has 1 saturated carbocycles. The lowest BCUT2D eigenvalue weighted by Gasteiger charge is -2.12. The topological polar surface area (TPSA) is 92.3 Å². The first kappa shape index (κ1) is 16.0. The fraction of sp³-hybridized carbons (Fsp3) is 0.500. The van der Waals surface area contributed by atoms with Gasteiger partial charge in [-0.05, 0) is 37.0 Å². The summed E-state index contributed by atoms with van der Waals surface area (Å²) in [4.78, 5) is 24.2. The summed E-state index contributed by atoms with van der Waals surface area (Å²) < 4.78 is 22.9. The van der Waals surface area contributed by atoms with Gasteiger partial charge in [0.25, 0.3) is 5.91 Å². The summed E-state index contributed by atoms with van der Waals surface area (Å²) in [5.41, 5.74) is 0.997. The SMILES string of the molecule is C[C@@H]1C[C@H]1C(=O)Nc1cccc(C(=O)N[C@@H]2CCS(=O)(=O)C2)c1. The highest BCUT2D eigenvalue weighted by atomic mass is 32.2. The van der Waals surface area contributed by atoms with Crippen molar-refractivity contribution in [3.63, 3.8) is 0 Å². The largest absolute Gasteiger partial charge is 0.348 e. The van der Waals surface area contributed by atoms with E-state index in [1.54, 1.807) is 24.3 Å². The summed E-state index contributed by atoms with van der Waals surface area (Å²) in [5.74, 6) is 0.268. The molecule has 1 aromatic carbocycles. The third kappa shape index (κ3) is 3.90. The summed E-state index contributed by atoms with van der Waals surface area (Å²) in [5, 5.41) is 5.56. The molecule has 0 bridgehead atoms. The minimum atomic E-state index is -3.03. The number of rotatable bonds is 4. The molecule has 1 aliphatic heterocycles. The summed E-state index contributed by atoms with van der Waals surface area (Å²) in [6.07, 6.45) is 1.35. The second-order valence-electron chi connectivity index (χ2n) is 6.46. The molecule has 3 rings (SSSR count). The third-order valence-electron chi connectivity index (χ3n) is 4.41. The van der Waals surface area contributed by atoms with Crippen molar-refractivity contribution < 1.29 is 18.0 Å². The van der Waals surface area contributed by atoms with Crippen LogP contribution in [0.4, 0.5) is 5.69 Å². The summed E-state index contributed by atoms with van der Waals surface area (Å²) >= 11 is 0. The Balaban J connectivity index is 1.62. The molecule has 1 aliphatic carbocycles. The van der Waals surface area contributed by atoms with Gasteiger partial charge in [0, 0.05) is 23.2 Å². The molecule has 2 N–H and O–H groups in total. The Hall–Kier alpha value is -1.89. The molecule has 1 aromatic rings. The predicted octanol–water partition coefficient (Wildman–Crippen LogP) is 1.20. The van der Waals surface area contributed by atoms with E-state index >= 15 is 0 Å². The van der Waals surface area contributed by atoms with Gasteiger partial charge < -0.3 is 10.6 Å². The van der Waals surface area contributed by atoms with Gasteiger partial charge in [-0.2, -0.15) is 0 Å². The first-order valence-corrected chi connectivity index (χ1v) is 9.58. The Morgan fingerprint density at radius 3 is 2.61 bits per heavy atom. The number of benzene rings is 1. The Labute approximate surface area is 135 Å². The third-order valence-corrected chi connectivity index (χ3v) is 6.17. The van der Waals surface area contributed by atoms with Crippen LogP contribution in [-0.2, 0) is 14.6 Å². The monoisotopic (exact) mass is 336 g/mol. The first-order valence-electron chi connectivity index (χ1n) is 7.76.